The molecule has 4 aromatic rings. The van der Waals surface area contributed by atoms with E-state index in [1.807, 2.05) is 48.7 Å². The molecule has 0 amide bonds. The van der Waals surface area contributed by atoms with Crippen molar-refractivity contribution in [3.63, 3.8) is 0 Å². The third-order valence-corrected chi connectivity index (χ3v) is 3.84. The summed E-state index contributed by atoms with van der Waals surface area (Å²) in [6.07, 6.45) is 1.82. The smallest absolute Gasteiger partial charge is 0.265 e. The number of para-hydroxylation sites is 1. The van der Waals surface area contributed by atoms with Gasteiger partial charge in [-0.25, -0.2) is 9.78 Å². The number of hydrogen-bond acceptors (Lipinski definition) is 3. The van der Waals surface area contributed by atoms with Crippen LogP contribution in [0.1, 0.15) is 0 Å². The molecule has 1 N–H and O–H groups in total. The van der Waals surface area contributed by atoms with Crippen molar-refractivity contribution in [1.82, 2.24) is 20.0 Å². The molecular weight excluding hydrogens is 312 g/mol. The lowest BCUT2D eigenvalue weighted by Crippen LogP contribution is -2.09. The number of aromatic amines is 1. The Morgan fingerprint density at radius 2 is 1.74 bits per heavy atom. The summed E-state index contributed by atoms with van der Waals surface area (Å²) < 4.78 is 1.68. The van der Waals surface area contributed by atoms with Crippen molar-refractivity contribution in [2.75, 3.05) is 0 Å². The Bertz CT molecular complexity index is 1040. The fourth-order valence-corrected chi connectivity index (χ4v) is 2.60. The number of nitrogens with zero attached hydrogens (tertiary/aromatic N) is 3. The van der Waals surface area contributed by atoms with Gasteiger partial charge in [0, 0.05) is 16.8 Å². The van der Waals surface area contributed by atoms with E-state index in [1.54, 1.807) is 16.8 Å². The minimum absolute atomic E-state index is 0.313. The van der Waals surface area contributed by atoms with Crippen molar-refractivity contribution in [3.8, 4) is 16.9 Å². The molecule has 2 aromatic heterocycles. The zero-order valence-corrected chi connectivity index (χ0v) is 12.7. The predicted molar refractivity (Wildman–Crippen MR) is 89.9 cm³/mol. The van der Waals surface area contributed by atoms with E-state index < -0.39 is 0 Å². The molecule has 0 aliphatic carbocycles. The second kappa shape index (κ2) is 5.37. The first kappa shape index (κ1) is 13.7. The van der Waals surface area contributed by atoms with Gasteiger partial charge in [0.05, 0.1) is 11.1 Å². The van der Waals surface area contributed by atoms with Gasteiger partial charge in [-0.2, -0.15) is 10.2 Å². The fraction of sp³-hybridized carbons (Fsp3) is 0. The maximum Gasteiger partial charge on any atom is 0.292 e. The molecule has 0 saturated carbocycles. The first-order valence-electron chi connectivity index (χ1n) is 7.02. The van der Waals surface area contributed by atoms with Crippen LogP contribution in [0, 0.1) is 0 Å². The second-order valence-electron chi connectivity index (χ2n) is 5.08. The Hall–Kier alpha value is -2.92. The van der Waals surface area contributed by atoms with Crippen LogP contribution < -0.4 is 5.56 Å². The largest absolute Gasteiger partial charge is 0.292 e. The van der Waals surface area contributed by atoms with Crippen molar-refractivity contribution in [3.05, 3.63) is 76.2 Å². The summed E-state index contributed by atoms with van der Waals surface area (Å²) in [4.78, 5) is 12.0. The third kappa shape index (κ3) is 2.41. The Morgan fingerprint density at radius 1 is 1.00 bits per heavy atom. The maximum atomic E-state index is 12.0. The van der Waals surface area contributed by atoms with E-state index >= 15 is 0 Å². The third-order valence-electron chi connectivity index (χ3n) is 3.59. The molecule has 6 heteroatoms. The molecule has 4 rings (SSSR count). The van der Waals surface area contributed by atoms with Gasteiger partial charge in [0.25, 0.3) is 5.56 Å². The van der Waals surface area contributed by atoms with Crippen LogP contribution in [0.5, 0.6) is 0 Å². The number of nitrogens with one attached hydrogen (secondary N) is 1. The summed E-state index contributed by atoms with van der Waals surface area (Å²) in [6.45, 7) is 0. The number of aromatic nitrogens is 4. The topological polar surface area (TPSA) is 63.6 Å². The number of hydrogen-bond donors (Lipinski definition) is 1. The molecule has 0 saturated heterocycles. The Kier molecular flexibility index (Phi) is 3.20. The zero-order valence-electron chi connectivity index (χ0n) is 11.9. The molecule has 0 aliphatic heterocycles. The lowest BCUT2D eigenvalue weighted by Gasteiger charge is -2.01. The Morgan fingerprint density at radius 3 is 2.48 bits per heavy atom. The van der Waals surface area contributed by atoms with Crippen LogP contribution in [-0.2, 0) is 0 Å². The van der Waals surface area contributed by atoms with E-state index in [9.17, 15) is 4.79 Å². The van der Waals surface area contributed by atoms with Crippen LogP contribution >= 0.6 is 11.6 Å². The highest BCUT2D eigenvalue weighted by Gasteiger charge is 2.13. The summed E-state index contributed by atoms with van der Waals surface area (Å²) in [6, 6.07) is 16.9. The van der Waals surface area contributed by atoms with E-state index in [0.717, 1.165) is 11.3 Å². The van der Waals surface area contributed by atoms with Crippen LogP contribution in [0.4, 0.5) is 0 Å². The lowest BCUT2D eigenvalue weighted by atomic mass is 10.1. The highest BCUT2D eigenvalue weighted by Crippen LogP contribution is 2.25. The molecule has 0 aliphatic rings. The highest BCUT2D eigenvalue weighted by atomic mass is 35.5. The molecule has 23 heavy (non-hydrogen) atoms. The molecule has 0 spiro atoms. The first-order chi connectivity index (χ1) is 11.2. The fourth-order valence-electron chi connectivity index (χ4n) is 2.48. The van der Waals surface area contributed by atoms with Gasteiger partial charge in [0.15, 0.2) is 5.52 Å². The summed E-state index contributed by atoms with van der Waals surface area (Å²) in [5, 5.41) is 12.4. The highest BCUT2D eigenvalue weighted by molar-refractivity contribution is 6.30. The van der Waals surface area contributed by atoms with E-state index in [1.165, 1.54) is 0 Å². The van der Waals surface area contributed by atoms with Crippen molar-refractivity contribution in [1.29, 1.82) is 0 Å². The Balaban J connectivity index is 1.96. The molecule has 2 aromatic carbocycles. The van der Waals surface area contributed by atoms with Crippen molar-refractivity contribution in [2.45, 2.75) is 0 Å². The molecule has 0 radical (unpaired) electrons. The van der Waals surface area contributed by atoms with Gasteiger partial charge in [-0.3, -0.25) is 4.79 Å². The van der Waals surface area contributed by atoms with Gasteiger partial charge in [-0.1, -0.05) is 41.9 Å². The van der Waals surface area contributed by atoms with Gasteiger partial charge in [0.1, 0.15) is 5.69 Å². The van der Waals surface area contributed by atoms with Crippen LogP contribution in [0.2, 0.25) is 5.02 Å². The van der Waals surface area contributed by atoms with E-state index in [4.69, 9.17) is 11.6 Å². The number of halogens is 1. The molecular formula is C17H11ClN4O. The number of rotatable bonds is 2. The molecule has 5 nitrogen and oxygen atoms in total. The number of H-pyrrole nitrogens is 1. The molecule has 112 valence electrons. The van der Waals surface area contributed by atoms with Gasteiger partial charge >= 0.3 is 0 Å². The van der Waals surface area contributed by atoms with Gasteiger partial charge in [-0.15, -0.1) is 0 Å². The average molecular weight is 323 g/mol. The van der Waals surface area contributed by atoms with Crippen molar-refractivity contribution < 1.29 is 0 Å². The van der Waals surface area contributed by atoms with Crippen LogP contribution in [0.3, 0.4) is 0 Å². The molecule has 0 fully saturated rings. The maximum absolute atomic E-state index is 12.0. The van der Waals surface area contributed by atoms with Crippen LogP contribution in [0.15, 0.2) is 65.6 Å². The molecule has 2 heterocycles. The quantitative estimate of drug-likeness (QED) is 0.615. The van der Waals surface area contributed by atoms with Crippen LogP contribution in [-0.4, -0.2) is 20.0 Å². The van der Waals surface area contributed by atoms with Crippen molar-refractivity contribution in [2.24, 2.45) is 0 Å². The summed E-state index contributed by atoms with van der Waals surface area (Å²) >= 11 is 5.93. The molecule has 0 unspecified atom stereocenters. The second-order valence-corrected chi connectivity index (χ2v) is 5.52. The lowest BCUT2D eigenvalue weighted by molar-refractivity contribution is 0.891. The Labute approximate surface area is 136 Å². The number of fused-ring (bicyclic) bond motifs is 1. The minimum atomic E-state index is -0.313. The average Bonchev–Trinajstić information content (AvgIpc) is 3.03. The summed E-state index contributed by atoms with van der Waals surface area (Å²) in [5.74, 6) is 0. The monoisotopic (exact) mass is 322 g/mol. The van der Waals surface area contributed by atoms with Gasteiger partial charge < -0.3 is 0 Å². The first-order valence-corrected chi connectivity index (χ1v) is 7.39. The summed E-state index contributed by atoms with van der Waals surface area (Å²) in [5.41, 5.74) is 2.45. The van der Waals surface area contributed by atoms with E-state index in [2.05, 4.69) is 15.3 Å². The zero-order chi connectivity index (χ0) is 15.8. The van der Waals surface area contributed by atoms with E-state index in [0.29, 0.717) is 21.6 Å². The van der Waals surface area contributed by atoms with E-state index in [-0.39, 0.29) is 5.56 Å². The number of benzene rings is 2. The van der Waals surface area contributed by atoms with Gasteiger partial charge in [0.2, 0.25) is 0 Å². The summed E-state index contributed by atoms with van der Waals surface area (Å²) in [7, 11) is 0. The minimum Gasteiger partial charge on any atom is -0.265 e. The normalized spacial score (nSPS) is 11.0. The molecule has 0 atom stereocenters. The standard InChI is InChI=1S/C17H11ClN4O/c18-12-8-6-11(7-9-12)15-14-10-22(13-4-2-1-3-5-13)21-16(14)17(23)20-19-15/h1-10H,(H,20,23). The SMILES string of the molecule is O=c1[nH]nc(-c2ccc(Cl)cc2)c2cn(-c3ccccc3)nc12. The predicted octanol–water partition coefficient (Wildman–Crippen LogP) is 3.43. The van der Waals surface area contributed by atoms with Crippen LogP contribution in [0.25, 0.3) is 27.8 Å². The molecule has 0 bridgehead atoms. The van der Waals surface area contributed by atoms with Gasteiger partial charge in [-0.05, 0) is 24.3 Å². The van der Waals surface area contributed by atoms with Crippen molar-refractivity contribution >= 4 is 22.5 Å².